The van der Waals surface area contributed by atoms with Crippen LogP contribution in [0.1, 0.15) is 94.8 Å². The molecule has 1 amide bonds. The third-order valence-electron chi connectivity index (χ3n) is 18.0. The Morgan fingerprint density at radius 3 is 1.26 bits per heavy atom. The van der Waals surface area contributed by atoms with Crippen molar-refractivity contribution in [3.8, 4) is 22.8 Å². The number of fused-ring (bicyclic) bond motifs is 4. The number of carboxylic acid groups (broad SMARTS) is 1. The molecule has 0 bridgehead atoms. The molecule has 14 rings (SSSR count). The van der Waals surface area contributed by atoms with Crippen molar-refractivity contribution in [3.05, 3.63) is 228 Å². The highest BCUT2D eigenvalue weighted by atomic mass is 28.3. The Kier molecular flexibility index (Phi) is 21.8. The first kappa shape index (κ1) is 71.4. The Balaban J connectivity index is 0.000000182. The van der Waals surface area contributed by atoms with Gasteiger partial charge < -0.3 is 34.8 Å². The van der Waals surface area contributed by atoms with Crippen molar-refractivity contribution in [2.24, 2.45) is 5.73 Å². The zero-order valence-corrected chi connectivity index (χ0v) is 61.1. The number of likely N-dealkylation sites (tertiary alicyclic amines) is 2. The van der Waals surface area contributed by atoms with Crippen LogP contribution >= 0.6 is 0 Å². The van der Waals surface area contributed by atoms with E-state index in [9.17, 15) is 23.5 Å². The summed E-state index contributed by atoms with van der Waals surface area (Å²) >= 11 is 0. The van der Waals surface area contributed by atoms with Gasteiger partial charge in [-0.15, -0.1) is 0 Å². The van der Waals surface area contributed by atoms with E-state index in [1.807, 2.05) is 65.9 Å². The van der Waals surface area contributed by atoms with Gasteiger partial charge in [0.05, 0.1) is 53.2 Å². The number of ether oxygens (including phenoxy) is 2. The van der Waals surface area contributed by atoms with Gasteiger partial charge in [0.2, 0.25) is 0 Å². The summed E-state index contributed by atoms with van der Waals surface area (Å²) in [6.45, 7) is 26.1. The van der Waals surface area contributed by atoms with Crippen LogP contribution in [0.5, 0.6) is 0 Å². The first-order chi connectivity index (χ1) is 48.4. The van der Waals surface area contributed by atoms with Gasteiger partial charge in [-0.25, -0.2) is 33.5 Å². The lowest BCUT2D eigenvalue weighted by Gasteiger charge is -2.45. The zero-order valence-electron chi connectivity index (χ0n) is 59.1. The summed E-state index contributed by atoms with van der Waals surface area (Å²) in [4.78, 5) is 49.7. The topological polar surface area (TPSA) is 214 Å². The molecule has 0 saturated carbocycles. The predicted octanol–water partition coefficient (Wildman–Crippen LogP) is 15.3. The molecule has 524 valence electrons. The van der Waals surface area contributed by atoms with E-state index in [-0.39, 0.29) is 72.3 Å². The molecule has 2 aliphatic heterocycles. The minimum absolute atomic E-state index is 0.00337. The summed E-state index contributed by atoms with van der Waals surface area (Å²) in [6, 6.07) is 53.8. The van der Waals surface area contributed by atoms with Crippen molar-refractivity contribution in [3.63, 3.8) is 0 Å². The Morgan fingerprint density at radius 2 is 0.911 bits per heavy atom. The van der Waals surface area contributed by atoms with Crippen molar-refractivity contribution in [1.82, 2.24) is 63.7 Å². The number of nitrogens with one attached hydrogen (secondary N) is 1. The number of aromatic nitrogens is 10. The lowest BCUT2D eigenvalue weighted by molar-refractivity contribution is 0.0695. The smallest absolute Gasteiger partial charge is 0.339 e. The van der Waals surface area contributed by atoms with Crippen LogP contribution in [-0.4, -0.2) is 143 Å². The number of hydrogen-bond donors (Lipinski definition) is 3. The van der Waals surface area contributed by atoms with Crippen molar-refractivity contribution < 1.29 is 33.0 Å². The zero-order chi connectivity index (χ0) is 71.3. The van der Waals surface area contributed by atoms with E-state index in [1.165, 1.54) is 46.6 Å². The Morgan fingerprint density at radius 1 is 0.554 bits per heavy atom. The summed E-state index contributed by atoms with van der Waals surface area (Å²) in [6.07, 6.45) is 6.59. The molecule has 0 atom stereocenters. The molecule has 0 radical (unpaired) electrons. The van der Waals surface area contributed by atoms with Crippen molar-refractivity contribution in [1.29, 1.82) is 0 Å². The molecule has 0 aliphatic carbocycles. The van der Waals surface area contributed by atoms with Crippen molar-refractivity contribution in [2.45, 2.75) is 129 Å². The molecule has 12 aromatic rings. The summed E-state index contributed by atoms with van der Waals surface area (Å²) in [7, 11) is -2.53. The van der Waals surface area contributed by atoms with Gasteiger partial charge in [0.1, 0.15) is 64.5 Å². The number of aromatic carboxylic acids is 1. The fourth-order valence-corrected chi connectivity index (χ4v) is 14.4. The molecule has 19 nitrogen and oxygen atoms in total. The van der Waals surface area contributed by atoms with Crippen LogP contribution in [0.3, 0.4) is 0 Å². The maximum Gasteiger partial charge on any atom is 0.339 e. The quantitative estimate of drug-likeness (QED) is 0.0401. The number of carbonyl (C=O) groups excluding carboxylic acids is 1. The van der Waals surface area contributed by atoms with Gasteiger partial charge in [0.15, 0.2) is 11.3 Å². The second-order valence-corrected chi connectivity index (χ2v) is 40.6. The van der Waals surface area contributed by atoms with Crippen LogP contribution < -0.4 is 11.1 Å². The van der Waals surface area contributed by atoms with Crippen LogP contribution in [0.25, 0.3) is 66.9 Å². The number of halogens is 2. The summed E-state index contributed by atoms with van der Waals surface area (Å²) in [5, 5.41) is 24.6. The van der Waals surface area contributed by atoms with E-state index in [0.717, 1.165) is 49.0 Å². The number of carbonyl (C=O) groups is 2. The van der Waals surface area contributed by atoms with E-state index >= 15 is 0 Å². The Hall–Kier alpha value is -9.47. The molecular weight excluding hydrogens is 1310 g/mol. The average Bonchev–Trinajstić information content (AvgIpc) is 1.59. The number of carboxylic acids is 1. The average molecular weight is 1400 g/mol. The number of nitrogens with two attached hydrogens (primary N) is 1. The molecule has 2 aliphatic rings. The van der Waals surface area contributed by atoms with Gasteiger partial charge in [0.25, 0.3) is 5.91 Å². The molecular formula is C78H90F2N14O5Si2. The SMILES string of the molecule is CC(C)N.CC(C)NC(=O)c1cn(COCC[Si](C)(C)C)c2ncc(-c3nn(C4CN(C(c5ccccc5)c5ccccc5)C4)c4cc(F)ccc34)nc12.C[Si](C)(C)CCOCn1cc(C(=O)O)c2nc(-c3nn(C4CN(C(c5ccccc5)c5ccccc5)C4)c4cc(F)ccc34)cnc21. The first-order valence-electron chi connectivity index (χ1n) is 34.7. The van der Waals surface area contributed by atoms with Crippen molar-refractivity contribution in [2.75, 3.05) is 39.4 Å². The standard InChI is InChI=1S/C39H44FN7O2Si.C36H37FN6O3Si.C3H9N/c1-26(2)42-39(48)32-24-46(25-49-18-19-50(3,4)5)38-36(32)43-33(21-41-38)35-31-17-16-29(40)20-34(31)47(44-35)30-22-45(23-30)37(27-12-8-6-9-13-27)28-14-10-7-11-15-28;1-47(2,3)17-16-46-23-42-22-29(36(44)45)33-35(42)38-19-30(39-33)32-28-15-14-26(37)18-31(28)43(40-32)27-20-41(21-27)34(24-10-6-4-7-11-24)25-12-8-5-9-13-25;1-3(2)4/h6-17,20-21,24,26,30,37H,18-19,22-23,25H2,1-5H3,(H,42,48);4-15,18-19,22,27,34H,16-17,20-21,23H2,1-3H3,(H,44,45);3H,4H2,1-2H3. The largest absolute Gasteiger partial charge is 0.478 e. The van der Waals surface area contributed by atoms with E-state index in [4.69, 9.17) is 40.4 Å². The predicted molar refractivity (Wildman–Crippen MR) is 400 cm³/mol. The van der Waals surface area contributed by atoms with Crippen LogP contribution in [0.15, 0.2) is 183 Å². The van der Waals surface area contributed by atoms with Gasteiger partial charge in [0, 0.05) is 84.7 Å². The van der Waals surface area contributed by atoms with Crippen LogP contribution in [0.4, 0.5) is 8.78 Å². The van der Waals surface area contributed by atoms with Gasteiger partial charge in [-0.2, -0.15) is 10.2 Å². The summed E-state index contributed by atoms with van der Waals surface area (Å²) < 4.78 is 48.7. The molecule has 0 unspecified atom stereocenters. The fourth-order valence-electron chi connectivity index (χ4n) is 12.9. The highest BCUT2D eigenvalue weighted by Crippen LogP contribution is 2.41. The minimum Gasteiger partial charge on any atom is -0.478 e. The number of rotatable bonds is 23. The summed E-state index contributed by atoms with van der Waals surface area (Å²) in [5.74, 6) is -2.00. The number of amides is 1. The Labute approximate surface area is 590 Å². The van der Waals surface area contributed by atoms with Crippen LogP contribution in [0.2, 0.25) is 51.4 Å². The number of benzene rings is 6. The van der Waals surface area contributed by atoms with E-state index in [2.05, 4.69) is 156 Å². The third-order valence-corrected chi connectivity index (χ3v) is 21.4. The highest BCUT2D eigenvalue weighted by Gasteiger charge is 2.39. The maximum absolute atomic E-state index is 14.8. The molecule has 2 fully saturated rings. The molecule has 8 heterocycles. The molecule has 101 heavy (non-hydrogen) atoms. The monoisotopic (exact) mass is 1400 g/mol. The number of nitrogens with zero attached hydrogens (tertiary/aromatic N) is 12. The molecule has 2 saturated heterocycles. The summed E-state index contributed by atoms with van der Waals surface area (Å²) in [5.41, 5.74) is 15.6. The van der Waals surface area contributed by atoms with Crippen molar-refractivity contribution >= 4 is 72.2 Å². The van der Waals surface area contributed by atoms with E-state index < -0.39 is 22.1 Å². The first-order valence-corrected chi connectivity index (χ1v) is 42.1. The second kappa shape index (κ2) is 30.8. The highest BCUT2D eigenvalue weighted by molar-refractivity contribution is 6.76. The Bertz CT molecular complexity index is 4750. The normalized spacial score (nSPS) is 14.1. The fraction of sp³-hybridized carbons (Fsp3) is 0.333. The van der Waals surface area contributed by atoms with Crippen LogP contribution in [-0.2, 0) is 22.9 Å². The maximum atomic E-state index is 14.8. The van der Waals surface area contributed by atoms with E-state index in [0.29, 0.717) is 75.4 Å². The molecule has 4 N–H and O–H groups in total. The lowest BCUT2D eigenvalue weighted by Crippen LogP contribution is -2.49. The number of hydrogen-bond acceptors (Lipinski definition) is 13. The van der Waals surface area contributed by atoms with Gasteiger partial charge in [-0.1, -0.05) is 174 Å². The lowest BCUT2D eigenvalue weighted by atomic mass is 9.93. The second-order valence-electron chi connectivity index (χ2n) is 29.3. The molecule has 6 aromatic carbocycles. The minimum atomic E-state index is -1.27. The molecule has 0 spiro atoms. The molecule has 23 heteroatoms. The molecule has 6 aromatic heterocycles. The van der Waals surface area contributed by atoms with Gasteiger partial charge >= 0.3 is 5.97 Å². The van der Waals surface area contributed by atoms with E-state index in [1.54, 1.807) is 41.4 Å². The van der Waals surface area contributed by atoms with Gasteiger partial charge in [-0.05, 0) is 90.6 Å². The third kappa shape index (κ3) is 16.6. The van der Waals surface area contributed by atoms with Crippen LogP contribution in [0, 0.1) is 11.6 Å². The van der Waals surface area contributed by atoms with Gasteiger partial charge in [-0.3, -0.25) is 24.0 Å².